The van der Waals surface area contributed by atoms with E-state index >= 15 is 0 Å². The van der Waals surface area contributed by atoms with E-state index in [9.17, 15) is 23.3 Å². The summed E-state index contributed by atoms with van der Waals surface area (Å²) in [6.07, 6.45) is -2.67. The lowest BCUT2D eigenvalue weighted by Gasteiger charge is -2.33. The number of rotatable bonds is 6. The van der Waals surface area contributed by atoms with Crippen molar-refractivity contribution in [3.05, 3.63) is 75.3 Å². The van der Waals surface area contributed by atoms with Crippen LogP contribution in [0.1, 0.15) is 29.5 Å². The molecule has 0 spiro atoms. The number of nitro benzene ring substituents is 1. The van der Waals surface area contributed by atoms with Crippen LogP contribution >= 0.6 is 0 Å². The molecule has 0 aromatic heterocycles. The predicted octanol–water partition coefficient (Wildman–Crippen LogP) is 3.94. The number of aliphatic imine (C=N–C) groups is 1. The summed E-state index contributed by atoms with van der Waals surface area (Å²) in [5.41, 5.74) is 0.851. The van der Waals surface area contributed by atoms with Gasteiger partial charge in [-0.05, 0) is 30.0 Å². The number of hydrogen-bond acceptors (Lipinski definition) is 4. The second-order valence-electron chi connectivity index (χ2n) is 7.75. The van der Waals surface area contributed by atoms with E-state index in [2.05, 4.69) is 20.5 Å². The van der Waals surface area contributed by atoms with Crippen LogP contribution in [-0.2, 0) is 19.3 Å². The van der Waals surface area contributed by atoms with Gasteiger partial charge in [0.2, 0.25) is 0 Å². The molecular weight excluding hydrogens is 423 g/mol. The zero-order valence-electron chi connectivity index (χ0n) is 17.7. The number of piperidine rings is 1. The Morgan fingerprint density at radius 3 is 2.50 bits per heavy atom. The van der Waals surface area contributed by atoms with Crippen LogP contribution < -0.4 is 10.6 Å². The number of non-ortho nitro benzene ring substituents is 1. The minimum Gasteiger partial charge on any atom is -0.354 e. The smallest absolute Gasteiger partial charge is 0.354 e. The van der Waals surface area contributed by atoms with E-state index in [0.29, 0.717) is 24.6 Å². The lowest BCUT2D eigenvalue weighted by atomic mass is 10.0. The molecule has 2 aromatic carbocycles. The third-order valence-electron chi connectivity index (χ3n) is 5.39. The second kappa shape index (κ2) is 10.4. The molecule has 0 saturated carbocycles. The molecule has 3 rings (SSSR count). The summed E-state index contributed by atoms with van der Waals surface area (Å²) in [6, 6.07) is 12.1. The largest absolute Gasteiger partial charge is 0.416 e. The Labute approximate surface area is 184 Å². The lowest BCUT2D eigenvalue weighted by molar-refractivity contribution is -0.384. The molecular formula is C22H26F3N5O2. The molecule has 1 fully saturated rings. The van der Waals surface area contributed by atoms with Crippen molar-refractivity contribution in [1.82, 2.24) is 15.5 Å². The van der Waals surface area contributed by atoms with Crippen molar-refractivity contribution in [2.45, 2.75) is 38.1 Å². The Hall–Kier alpha value is -3.14. The van der Waals surface area contributed by atoms with Crippen molar-refractivity contribution in [2.24, 2.45) is 4.99 Å². The van der Waals surface area contributed by atoms with Gasteiger partial charge in [-0.1, -0.05) is 30.3 Å². The van der Waals surface area contributed by atoms with Crippen molar-refractivity contribution in [3.63, 3.8) is 0 Å². The molecule has 10 heteroatoms. The zero-order valence-corrected chi connectivity index (χ0v) is 17.7. The first-order valence-corrected chi connectivity index (χ1v) is 10.3. The number of likely N-dealkylation sites (tertiary alicyclic amines) is 1. The van der Waals surface area contributed by atoms with Crippen molar-refractivity contribution in [2.75, 3.05) is 20.1 Å². The molecule has 32 heavy (non-hydrogen) atoms. The molecule has 0 bridgehead atoms. The Morgan fingerprint density at radius 2 is 1.84 bits per heavy atom. The Morgan fingerprint density at radius 1 is 1.16 bits per heavy atom. The van der Waals surface area contributed by atoms with E-state index in [1.165, 1.54) is 24.3 Å². The molecule has 1 heterocycles. The van der Waals surface area contributed by atoms with Crippen LogP contribution in [0.4, 0.5) is 18.9 Å². The topological polar surface area (TPSA) is 82.8 Å². The van der Waals surface area contributed by atoms with Crippen LogP contribution in [0.3, 0.4) is 0 Å². The first-order chi connectivity index (χ1) is 15.2. The van der Waals surface area contributed by atoms with E-state index < -0.39 is 16.7 Å². The molecule has 1 aliphatic rings. The molecule has 2 aromatic rings. The molecule has 172 valence electrons. The molecule has 0 unspecified atom stereocenters. The van der Waals surface area contributed by atoms with Gasteiger partial charge in [0.15, 0.2) is 5.96 Å². The van der Waals surface area contributed by atoms with Crippen molar-refractivity contribution >= 4 is 11.6 Å². The first kappa shape index (κ1) is 23.5. The van der Waals surface area contributed by atoms with Crippen LogP contribution in [0.25, 0.3) is 0 Å². The van der Waals surface area contributed by atoms with Gasteiger partial charge in [0.05, 0.1) is 10.5 Å². The van der Waals surface area contributed by atoms with Gasteiger partial charge >= 0.3 is 6.18 Å². The average molecular weight is 449 g/mol. The highest BCUT2D eigenvalue weighted by Crippen LogP contribution is 2.30. The van der Waals surface area contributed by atoms with Gasteiger partial charge in [-0.2, -0.15) is 13.2 Å². The summed E-state index contributed by atoms with van der Waals surface area (Å²) in [5.74, 6) is 0.604. The number of nitrogens with zero attached hydrogens (tertiary/aromatic N) is 3. The van der Waals surface area contributed by atoms with E-state index in [1.807, 2.05) is 0 Å². The standard InChI is InChI=1S/C22H26F3N5O2/c1-26-21(27-14-16-4-3-7-20(13-16)30(31)32)28-19-8-10-29(11-9-19)15-17-5-2-6-18(12-17)22(23,24)25/h2-7,12-13,19H,8-11,14-15H2,1H3,(H2,26,27,28). The molecule has 0 atom stereocenters. The number of guanidine groups is 1. The third kappa shape index (κ3) is 6.68. The summed E-state index contributed by atoms with van der Waals surface area (Å²) >= 11 is 0. The Kier molecular flexibility index (Phi) is 7.68. The van der Waals surface area contributed by atoms with Crippen LogP contribution in [-0.4, -0.2) is 42.0 Å². The van der Waals surface area contributed by atoms with E-state index in [1.54, 1.807) is 25.2 Å². The maximum Gasteiger partial charge on any atom is 0.416 e. The molecule has 1 aliphatic heterocycles. The fourth-order valence-corrected chi connectivity index (χ4v) is 3.69. The minimum atomic E-state index is -4.33. The van der Waals surface area contributed by atoms with Gasteiger partial charge in [-0.3, -0.25) is 20.0 Å². The maximum atomic E-state index is 12.9. The summed E-state index contributed by atoms with van der Waals surface area (Å²) in [4.78, 5) is 16.8. The van der Waals surface area contributed by atoms with Crippen molar-refractivity contribution < 1.29 is 18.1 Å². The highest BCUT2D eigenvalue weighted by Gasteiger charge is 2.30. The van der Waals surface area contributed by atoms with Gasteiger partial charge in [0.25, 0.3) is 5.69 Å². The van der Waals surface area contributed by atoms with E-state index in [4.69, 9.17) is 0 Å². The predicted molar refractivity (Wildman–Crippen MR) is 116 cm³/mol. The number of alkyl halides is 3. The minimum absolute atomic E-state index is 0.0420. The number of hydrogen-bond donors (Lipinski definition) is 2. The van der Waals surface area contributed by atoms with Gasteiger partial charge < -0.3 is 10.6 Å². The highest BCUT2D eigenvalue weighted by atomic mass is 19.4. The highest BCUT2D eigenvalue weighted by molar-refractivity contribution is 5.80. The summed E-state index contributed by atoms with van der Waals surface area (Å²) in [6.45, 7) is 2.40. The maximum absolute atomic E-state index is 12.9. The first-order valence-electron chi connectivity index (χ1n) is 10.3. The normalized spacial score (nSPS) is 16.1. The van der Waals surface area contributed by atoms with Crippen LogP contribution in [0, 0.1) is 10.1 Å². The molecule has 2 N–H and O–H groups in total. The monoisotopic (exact) mass is 449 g/mol. The zero-order chi connectivity index (χ0) is 23.1. The molecule has 7 nitrogen and oxygen atoms in total. The average Bonchev–Trinajstić information content (AvgIpc) is 2.77. The van der Waals surface area contributed by atoms with Crippen molar-refractivity contribution in [3.8, 4) is 0 Å². The fraction of sp³-hybridized carbons (Fsp3) is 0.409. The quantitative estimate of drug-likeness (QED) is 0.302. The number of nitrogens with one attached hydrogen (secondary N) is 2. The summed E-state index contributed by atoms with van der Waals surface area (Å²) in [7, 11) is 1.66. The lowest BCUT2D eigenvalue weighted by Crippen LogP contribution is -2.48. The van der Waals surface area contributed by atoms with Crippen LogP contribution in [0.15, 0.2) is 53.5 Å². The fourth-order valence-electron chi connectivity index (χ4n) is 3.69. The van der Waals surface area contributed by atoms with Crippen molar-refractivity contribution in [1.29, 1.82) is 0 Å². The van der Waals surface area contributed by atoms with Gasteiger partial charge in [0, 0.05) is 51.4 Å². The third-order valence-corrected chi connectivity index (χ3v) is 5.39. The Balaban J connectivity index is 1.46. The van der Waals surface area contributed by atoms with Gasteiger partial charge in [0.1, 0.15) is 0 Å². The van der Waals surface area contributed by atoms with Crippen LogP contribution in [0.5, 0.6) is 0 Å². The summed E-state index contributed by atoms with van der Waals surface area (Å²) < 4.78 is 38.7. The molecule has 0 amide bonds. The van der Waals surface area contributed by atoms with E-state index in [0.717, 1.165) is 37.6 Å². The number of halogens is 3. The van der Waals surface area contributed by atoms with Gasteiger partial charge in [-0.25, -0.2) is 0 Å². The number of nitro groups is 1. The summed E-state index contributed by atoms with van der Waals surface area (Å²) in [5, 5.41) is 17.4. The van der Waals surface area contributed by atoms with Crippen LogP contribution in [0.2, 0.25) is 0 Å². The molecule has 1 saturated heterocycles. The second-order valence-corrected chi connectivity index (χ2v) is 7.75. The number of benzene rings is 2. The van der Waals surface area contributed by atoms with E-state index in [-0.39, 0.29) is 11.7 Å². The Bertz CT molecular complexity index is 957. The molecule has 0 radical (unpaired) electrons. The van der Waals surface area contributed by atoms with Gasteiger partial charge in [-0.15, -0.1) is 0 Å². The SMILES string of the molecule is CN=C(NCc1cccc([N+](=O)[O-])c1)NC1CCN(Cc2cccc(C(F)(F)F)c2)CC1. The molecule has 0 aliphatic carbocycles.